The van der Waals surface area contributed by atoms with Crippen molar-refractivity contribution in [3.05, 3.63) is 35.4 Å². The quantitative estimate of drug-likeness (QED) is 0.795. The maximum Gasteiger partial charge on any atom is 0.416 e. The van der Waals surface area contributed by atoms with Gasteiger partial charge in [0.15, 0.2) is 0 Å². The minimum Gasteiger partial charge on any atom is -0.481 e. The predicted molar refractivity (Wildman–Crippen MR) is 78.9 cm³/mol. The average molecular weight is 331 g/mol. The fourth-order valence-corrected chi connectivity index (χ4v) is 2.13. The lowest BCUT2D eigenvalue weighted by molar-refractivity contribution is -0.138. The standard InChI is InChI=1S/C16H20F3NO3/c1-20(10-4-9-15(22)23)14(21)8-3-6-12-5-2-7-13(11-12)16(17,18)19/h2,5,7,11H,3-4,6,8-10H2,1H3,(H,22,23). The molecule has 1 amide bonds. The Hall–Kier alpha value is -2.05. The number of benzene rings is 1. The number of carboxylic acids is 1. The highest BCUT2D eigenvalue weighted by atomic mass is 19.4. The van der Waals surface area contributed by atoms with E-state index in [0.29, 0.717) is 31.4 Å². The molecule has 0 saturated heterocycles. The highest BCUT2D eigenvalue weighted by Crippen LogP contribution is 2.29. The molecule has 0 fully saturated rings. The number of amides is 1. The van der Waals surface area contributed by atoms with E-state index in [0.717, 1.165) is 12.1 Å². The summed E-state index contributed by atoms with van der Waals surface area (Å²) in [5.41, 5.74) is -0.145. The van der Waals surface area contributed by atoms with Crippen LogP contribution in [0.2, 0.25) is 0 Å². The zero-order chi connectivity index (χ0) is 17.5. The molecule has 0 spiro atoms. The van der Waals surface area contributed by atoms with Gasteiger partial charge in [0.2, 0.25) is 5.91 Å². The largest absolute Gasteiger partial charge is 0.481 e. The third-order valence-corrected chi connectivity index (χ3v) is 3.42. The van der Waals surface area contributed by atoms with Gasteiger partial charge in [-0.2, -0.15) is 13.2 Å². The molecule has 0 aliphatic rings. The van der Waals surface area contributed by atoms with Crippen LogP contribution in [0.15, 0.2) is 24.3 Å². The number of carbonyl (C=O) groups excluding carboxylic acids is 1. The molecule has 7 heteroatoms. The van der Waals surface area contributed by atoms with Crippen LogP contribution in [-0.4, -0.2) is 35.5 Å². The minimum absolute atomic E-state index is 0.00184. The third kappa shape index (κ3) is 7.17. The minimum atomic E-state index is -4.36. The number of nitrogens with zero attached hydrogens (tertiary/aromatic N) is 1. The van der Waals surface area contributed by atoms with Crippen LogP contribution in [0.3, 0.4) is 0 Å². The lowest BCUT2D eigenvalue weighted by Crippen LogP contribution is -2.27. The van der Waals surface area contributed by atoms with E-state index in [1.54, 1.807) is 13.1 Å². The highest BCUT2D eigenvalue weighted by Gasteiger charge is 2.30. The first-order chi connectivity index (χ1) is 10.7. The van der Waals surface area contributed by atoms with Crippen molar-refractivity contribution in [2.45, 2.75) is 38.3 Å². The summed E-state index contributed by atoms with van der Waals surface area (Å²) >= 11 is 0. The van der Waals surface area contributed by atoms with Crippen LogP contribution < -0.4 is 0 Å². The predicted octanol–water partition coefficient (Wildman–Crippen LogP) is 3.35. The SMILES string of the molecule is CN(CCCC(=O)O)C(=O)CCCc1cccc(C(F)(F)F)c1. The average Bonchev–Trinajstić information content (AvgIpc) is 2.46. The topological polar surface area (TPSA) is 57.6 Å². The number of alkyl halides is 3. The second-order valence-electron chi connectivity index (χ2n) is 5.36. The Labute approximate surface area is 132 Å². The van der Waals surface area contributed by atoms with Crippen molar-refractivity contribution < 1.29 is 27.9 Å². The lowest BCUT2D eigenvalue weighted by atomic mass is 10.0. The molecule has 0 heterocycles. The van der Waals surface area contributed by atoms with E-state index >= 15 is 0 Å². The van der Waals surface area contributed by atoms with Gasteiger partial charge in [0, 0.05) is 26.4 Å². The van der Waals surface area contributed by atoms with E-state index in [9.17, 15) is 22.8 Å². The van der Waals surface area contributed by atoms with Crippen LogP contribution in [0, 0.1) is 0 Å². The van der Waals surface area contributed by atoms with Gasteiger partial charge < -0.3 is 10.0 Å². The number of rotatable bonds is 8. The van der Waals surface area contributed by atoms with Crippen molar-refractivity contribution in [3.63, 3.8) is 0 Å². The van der Waals surface area contributed by atoms with Crippen LogP contribution in [0.5, 0.6) is 0 Å². The van der Waals surface area contributed by atoms with E-state index in [1.165, 1.54) is 11.0 Å². The molecule has 1 aromatic rings. The molecule has 1 aromatic carbocycles. The Balaban J connectivity index is 2.39. The zero-order valence-corrected chi connectivity index (χ0v) is 12.9. The van der Waals surface area contributed by atoms with E-state index in [4.69, 9.17) is 5.11 Å². The van der Waals surface area contributed by atoms with Crippen molar-refractivity contribution >= 4 is 11.9 Å². The van der Waals surface area contributed by atoms with Crippen LogP contribution in [0.1, 0.15) is 36.8 Å². The summed E-state index contributed by atoms with van der Waals surface area (Å²) in [5, 5.41) is 8.53. The fraction of sp³-hybridized carbons (Fsp3) is 0.500. The van der Waals surface area contributed by atoms with Gasteiger partial charge in [-0.15, -0.1) is 0 Å². The molecule has 0 aliphatic carbocycles. The maximum atomic E-state index is 12.6. The lowest BCUT2D eigenvalue weighted by Gasteiger charge is -2.16. The summed E-state index contributed by atoms with van der Waals surface area (Å²) in [6.45, 7) is 0.356. The number of aliphatic carboxylic acids is 1. The van der Waals surface area contributed by atoms with Gasteiger partial charge in [-0.05, 0) is 30.9 Å². The van der Waals surface area contributed by atoms with Gasteiger partial charge in [0.1, 0.15) is 0 Å². The van der Waals surface area contributed by atoms with Gasteiger partial charge >= 0.3 is 12.1 Å². The normalized spacial score (nSPS) is 11.3. The van der Waals surface area contributed by atoms with Gasteiger partial charge in [-0.25, -0.2) is 0 Å². The number of hydrogen-bond donors (Lipinski definition) is 1. The smallest absolute Gasteiger partial charge is 0.416 e. The van der Waals surface area contributed by atoms with Crippen molar-refractivity contribution in [2.24, 2.45) is 0 Å². The van der Waals surface area contributed by atoms with E-state index in [-0.39, 0.29) is 18.7 Å². The summed E-state index contributed by atoms with van der Waals surface area (Å²) in [7, 11) is 1.59. The molecule has 0 bridgehead atoms. The van der Waals surface area contributed by atoms with E-state index < -0.39 is 17.7 Å². The zero-order valence-electron chi connectivity index (χ0n) is 12.9. The number of hydrogen-bond acceptors (Lipinski definition) is 2. The summed E-state index contributed by atoms with van der Waals surface area (Å²) in [4.78, 5) is 23.7. The third-order valence-electron chi connectivity index (χ3n) is 3.42. The number of carbonyl (C=O) groups is 2. The summed E-state index contributed by atoms with van der Waals surface area (Å²) in [6.07, 6.45) is -2.93. The van der Waals surface area contributed by atoms with Crippen LogP contribution in [0.4, 0.5) is 13.2 Å². The van der Waals surface area contributed by atoms with E-state index in [1.807, 2.05) is 0 Å². The molecule has 128 valence electrons. The van der Waals surface area contributed by atoms with Gasteiger partial charge in [-0.1, -0.05) is 18.2 Å². The Morgan fingerprint density at radius 1 is 1.17 bits per heavy atom. The Morgan fingerprint density at radius 2 is 1.87 bits per heavy atom. The second-order valence-corrected chi connectivity index (χ2v) is 5.36. The van der Waals surface area contributed by atoms with Gasteiger partial charge in [0.05, 0.1) is 5.56 Å². The second kappa shape index (κ2) is 8.55. The molecule has 1 N–H and O–H groups in total. The van der Waals surface area contributed by atoms with Crippen molar-refractivity contribution in [2.75, 3.05) is 13.6 Å². The molecule has 0 atom stereocenters. The van der Waals surface area contributed by atoms with Crippen molar-refractivity contribution in [1.82, 2.24) is 4.90 Å². The van der Waals surface area contributed by atoms with Crippen molar-refractivity contribution in [3.8, 4) is 0 Å². The molecular formula is C16H20F3NO3. The summed E-state index contributed by atoms with van der Waals surface area (Å²) in [5.74, 6) is -1.04. The van der Waals surface area contributed by atoms with Gasteiger partial charge in [-0.3, -0.25) is 9.59 Å². The Kier molecular flexibility index (Phi) is 7.06. The van der Waals surface area contributed by atoms with Crippen LogP contribution >= 0.6 is 0 Å². The Morgan fingerprint density at radius 3 is 2.48 bits per heavy atom. The number of halogens is 3. The van der Waals surface area contributed by atoms with Crippen molar-refractivity contribution in [1.29, 1.82) is 0 Å². The molecule has 4 nitrogen and oxygen atoms in total. The first-order valence-electron chi connectivity index (χ1n) is 7.32. The molecule has 0 saturated carbocycles. The van der Waals surface area contributed by atoms with Crippen LogP contribution in [-0.2, 0) is 22.2 Å². The Bertz CT molecular complexity index is 544. The molecule has 0 aliphatic heterocycles. The molecule has 23 heavy (non-hydrogen) atoms. The molecule has 0 unspecified atom stereocenters. The monoisotopic (exact) mass is 331 g/mol. The number of aryl methyl sites for hydroxylation is 1. The molecule has 0 radical (unpaired) electrons. The number of carboxylic acid groups (broad SMARTS) is 1. The summed E-state index contributed by atoms with van der Waals surface area (Å²) < 4.78 is 37.8. The highest BCUT2D eigenvalue weighted by molar-refractivity contribution is 5.75. The molecule has 0 aromatic heterocycles. The van der Waals surface area contributed by atoms with E-state index in [2.05, 4.69) is 0 Å². The van der Waals surface area contributed by atoms with Gasteiger partial charge in [0.25, 0.3) is 0 Å². The first kappa shape index (κ1) is 19.0. The maximum absolute atomic E-state index is 12.6. The van der Waals surface area contributed by atoms with Crippen LogP contribution in [0.25, 0.3) is 0 Å². The summed E-state index contributed by atoms with van der Waals surface area (Å²) in [6, 6.07) is 5.08. The first-order valence-corrected chi connectivity index (χ1v) is 7.32. The fourth-order valence-electron chi connectivity index (χ4n) is 2.13. The molecular weight excluding hydrogens is 311 g/mol. The molecule has 1 rings (SSSR count).